The molecule has 15 heavy (non-hydrogen) atoms. The van der Waals surface area contributed by atoms with Crippen molar-refractivity contribution in [1.82, 2.24) is 10.0 Å². The van der Waals surface area contributed by atoms with E-state index in [0.717, 1.165) is 0 Å². The molecule has 0 heterocycles. The summed E-state index contributed by atoms with van der Waals surface area (Å²) in [5, 5.41) is 11.1. The molecule has 0 unspecified atom stereocenters. The molecule has 4 N–H and O–H groups in total. The van der Waals surface area contributed by atoms with Gasteiger partial charge in [0.05, 0.1) is 11.9 Å². The molecule has 84 valence electrons. The third kappa shape index (κ3) is 5.92. The van der Waals surface area contributed by atoms with Gasteiger partial charge in [0.1, 0.15) is 0 Å². The van der Waals surface area contributed by atoms with Crippen LogP contribution in [-0.2, 0) is 0 Å². The van der Waals surface area contributed by atoms with Crippen molar-refractivity contribution in [1.29, 1.82) is 0 Å². The minimum absolute atomic E-state index is 0.182. The summed E-state index contributed by atoms with van der Waals surface area (Å²) in [5.41, 5.74) is 11.3. The molecule has 0 saturated carbocycles. The highest BCUT2D eigenvalue weighted by molar-refractivity contribution is 7.80. The number of hydrazone groups is 2. The second kappa shape index (κ2) is 6.25. The molecule has 0 bridgehead atoms. The topological polar surface area (TPSA) is 83.2 Å². The van der Waals surface area contributed by atoms with E-state index in [1.807, 2.05) is 0 Å². The van der Waals surface area contributed by atoms with E-state index in [-0.39, 0.29) is 10.2 Å². The molecule has 0 aromatic heterocycles. The average Bonchev–Trinajstić information content (AvgIpc) is 2.13. The maximum Gasteiger partial charge on any atom is 0.186 e. The van der Waals surface area contributed by atoms with Gasteiger partial charge in [-0.3, -0.25) is 0 Å². The number of hydrogen-bond acceptors (Lipinski definition) is 4. The van der Waals surface area contributed by atoms with E-state index in [4.69, 9.17) is 35.9 Å². The smallest absolute Gasteiger partial charge is 0.186 e. The molecule has 0 aliphatic rings. The zero-order valence-electron chi connectivity index (χ0n) is 8.84. The minimum atomic E-state index is 0.182. The Morgan fingerprint density at radius 1 is 1.13 bits per heavy atom. The van der Waals surface area contributed by atoms with E-state index in [1.54, 1.807) is 21.0 Å². The molecule has 0 radical (unpaired) electrons. The first-order chi connectivity index (χ1) is 6.84. The van der Waals surface area contributed by atoms with Crippen molar-refractivity contribution in [2.24, 2.45) is 21.7 Å². The van der Waals surface area contributed by atoms with Crippen LogP contribution < -0.4 is 11.5 Å². The molecule has 0 aromatic rings. The van der Waals surface area contributed by atoms with Gasteiger partial charge in [0.25, 0.3) is 0 Å². The Kier molecular flexibility index (Phi) is 5.72. The van der Waals surface area contributed by atoms with Gasteiger partial charge in [0, 0.05) is 14.1 Å². The predicted octanol–water partition coefficient (Wildman–Crippen LogP) is -0.301. The molecule has 0 fully saturated rings. The number of nitrogens with zero attached hydrogens (tertiary/aromatic N) is 4. The number of hydrogen-bond donors (Lipinski definition) is 2. The molecule has 0 rings (SSSR count). The van der Waals surface area contributed by atoms with E-state index in [2.05, 4.69) is 10.2 Å². The minimum Gasteiger partial charge on any atom is -0.375 e. The molecule has 8 heteroatoms. The molecular weight excluding hydrogens is 232 g/mol. The average molecular weight is 246 g/mol. The van der Waals surface area contributed by atoms with Crippen LogP contribution in [0.25, 0.3) is 0 Å². The van der Waals surface area contributed by atoms with Crippen LogP contribution in [0.4, 0.5) is 0 Å². The highest BCUT2D eigenvalue weighted by Gasteiger charge is 1.97. The Balaban J connectivity index is 4.41. The van der Waals surface area contributed by atoms with Crippen LogP contribution in [0.3, 0.4) is 0 Å². The molecule has 0 amide bonds. The third-order valence-electron chi connectivity index (χ3n) is 1.36. The van der Waals surface area contributed by atoms with E-state index in [0.29, 0.717) is 5.71 Å². The summed E-state index contributed by atoms with van der Waals surface area (Å²) in [7, 11) is 3.29. The molecule has 0 saturated heterocycles. The number of thiocarbonyl (C=S) groups is 2. The van der Waals surface area contributed by atoms with Gasteiger partial charge in [-0.2, -0.15) is 10.2 Å². The van der Waals surface area contributed by atoms with Gasteiger partial charge in [-0.15, -0.1) is 0 Å². The summed E-state index contributed by atoms with van der Waals surface area (Å²) >= 11 is 9.41. The van der Waals surface area contributed by atoms with Crippen molar-refractivity contribution in [2.75, 3.05) is 14.1 Å². The molecule has 0 atom stereocenters. The third-order valence-corrected chi connectivity index (χ3v) is 1.89. The zero-order valence-corrected chi connectivity index (χ0v) is 10.5. The molecule has 6 nitrogen and oxygen atoms in total. The Morgan fingerprint density at radius 2 is 1.60 bits per heavy atom. The van der Waals surface area contributed by atoms with Crippen molar-refractivity contribution < 1.29 is 0 Å². The molecule has 0 aliphatic heterocycles. The van der Waals surface area contributed by atoms with Gasteiger partial charge in [0.2, 0.25) is 0 Å². The van der Waals surface area contributed by atoms with Gasteiger partial charge < -0.3 is 11.5 Å². The van der Waals surface area contributed by atoms with Crippen LogP contribution in [0.1, 0.15) is 6.92 Å². The van der Waals surface area contributed by atoms with Crippen molar-refractivity contribution in [3.63, 3.8) is 0 Å². The molecule has 0 aromatic carbocycles. The maximum atomic E-state index is 5.34. The largest absolute Gasteiger partial charge is 0.375 e. The first-order valence-corrected chi connectivity index (χ1v) is 4.81. The lowest BCUT2D eigenvalue weighted by Crippen LogP contribution is -2.29. The summed E-state index contributed by atoms with van der Waals surface area (Å²) in [6, 6.07) is 0. The molecular formula is C7H14N6S2. The Bertz CT molecular complexity index is 311. The van der Waals surface area contributed by atoms with Crippen LogP contribution in [0.5, 0.6) is 0 Å². The van der Waals surface area contributed by atoms with Gasteiger partial charge >= 0.3 is 0 Å². The van der Waals surface area contributed by atoms with Gasteiger partial charge in [-0.25, -0.2) is 10.0 Å². The normalized spacial score (nSPS) is 11.5. The highest BCUT2D eigenvalue weighted by Crippen LogP contribution is 1.86. The second-order valence-corrected chi connectivity index (χ2v) is 3.55. The van der Waals surface area contributed by atoms with Gasteiger partial charge in [-0.05, 0) is 31.4 Å². The van der Waals surface area contributed by atoms with Crippen molar-refractivity contribution in [3.8, 4) is 0 Å². The SMILES string of the molecule is CC(C=NN(C)C(N)=S)=NN(C)C(N)=S. The van der Waals surface area contributed by atoms with E-state index < -0.39 is 0 Å². The standard InChI is InChI=1S/C7H14N6S2/c1-5(11-13(3)7(9)15)4-10-12(2)6(8)14/h4H,1-3H3,(H2,8,14)(H2,9,15). The lowest BCUT2D eigenvalue weighted by molar-refractivity contribution is 0.545. The molecule has 0 aliphatic carbocycles. The van der Waals surface area contributed by atoms with E-state index in [9.17, 15) is 0 Å². The van der Waals surface area contributed by atoms with Crippen LogP contribution >= 0.6 is 24.4 Å². The van der Waals surface area contributed by atoms with Gasteiger partial charge in [0.15, 0.2) is 10.2 Å². The first-order valence-electron chi connectivity index (χ1n) is 4.00. The Hall–Kier alpha value is -1.28. The predicted molar refractivity (Wildman–Crippen MR) is 70.7 cm³/mol. The quantitative estimate of drug-likeness (QED) is 0.404. The highest BCUT2D eigenvalue weighted by atomic mass is 32.1. The summed E-state index contributed by atoms with van der Waals surface area (Å²) in [4.78, 5) is 0. The monoisotopic (exact) mass is 246 g/mol. The summed E-state index contributed by atoms with van der Waals surface area (Å²) < 4.78 is 0. The van der Waals surface area contributed by atoms with Crippen LogP contribution in [-0.4, -0.2) is 46.3 Å². The lowest BCUT2D eigenvalue weighted by Gasteiger charge is -2.11. The Labute approximate surface area is 99.6 Å². The van der Waals surface area contributed by atoms with Crippen molar-refractivity contribution >= 4 is 46.6 Å². The summed E-state index contributed by atoms with van der Waals surface area (Å²) in [5.74, 6) is 0. The van der Waals surface area contributed by atoms with E-state index in [1.165, 1.54) is 16.2 Å². The van der Waals surface area contributed by atoms with E-state index >= 15 is 0 Å². The van der Waals surface area contributed by atoms with Crippen molar-refractivity contribution in [3.05, 3.63) is 0 Å². The Morgan fingerprint density at radius 3 is 2.00 bits per heavy atom. The fraction of sp³-hybridized carbons (Fsp3) is 0.429. The lowest BCUT2D eigenvalue weighted by atomic mass is 10.5. The fourth-order valence-corrected chi connectivity index (χ4v) is 0.627. The van der Waals surface area contributed by atoms with Crippen LogP contribution in [0.2, 0.25) is 0 Å². The fourth-order valence-electron chi connectivity index (χ4n) is 0.539. The van der Waals surface area contributed by atoms with Crippen LogP contribution in [0.15, 0.2) is 10.2 Å². The summed E-state index contributed by atoms with van der Waals surface area (Å²) in [6.07, 6.45) is 1.51. The second-order valence-electron chi connectivity index (χ2n) is 2.71. The number of rotatable bonds is 3. The zero-order chi connectivity index (χ0) is 12.0. The maximum absolute atomic E-state index is 5.34. The first kappa shape index (κ1) is 13.7. The van der Waals surface area contributed by atoms with Crippen molar-refractivity contribution in [2.45, 2.75) is 6.92 Å². The molecule has 0 spiro atoms. The summed E-state index contributed by atoms with van der Waals surface area (Å²) in [6.45, 7) is 1.76. The van der Waals surface area contributed by atoms with Gasteiger partial charge in [-0.1, -0.05) is 0 Å². The van der Waals surface area contributed by atoms with Crippen LogP contribution in [0, 0.1) is 0 Å². The number of nitrogens with two attached hydrogens (primary N) is 2.